The van der Waals surface area contributed by atoms with E-state index in [1.165, 1.54) is 29.2 Å². The van der Waals surface area contributed by atoms with Gasteiger partial charge in [-0.05, 0) is 12.1 Å². The lowest BCUT2D eigenvalue weighted by Crippen LogP contribution is -2.31. The topological polar surface area (TPSA) is 49.7 Å². The van der Waals surface area contributed by atoms with E-state index in [-0.39, 0.29) is 9.92 Å². The van der Waals surface area contributed by atoms with Gasteiger partial charge in [-0.1, -0.05) is 42.4 Å². The zero-order valence-electron chi connectivity index (χ0n) is 10.00. The van der Waals surface area contributed by atoms with Crippen LogP contribution >= 0.6 is 23.4 Å². The number of thioether (sulfide) groups is 1. The summed E-state index contributed by atoms with van der Waals surface area (Å²) in [5, 5.41) is 1.05. The molecule has 0 saturated heterocycles. The third-order valence-corrected chi connectivity index (χ3v) is 6.06. The van der Waals surface area contributed by atoms with Crippen molar-refractivity contribution >= 4 is 38.6 Å². The van der Waals surface area contributed by atoms with Crippen LogP contribution in [0.5, 0.6) is 0 Å². The maximum atomic E-state index is 12.4. The average Bonchev–Trinajstić information content (AvgIpc) is 2.75. The molecular formula is C11H13ClN2O2S2. The van der Waals surface area contributed by atoms with Crippen LogP contribution in [-0.4, -0.2) is 36.7 Å². The first-order valence-electron chi connectivity index (χ1n) is 5.37. The number of nitrogens with zero attached hydrogens (tertiary/aromatic N) is 2. The monoisotopic (exact) mass is 304 g/mol. The van der Waals surface area contributed by atoms with Crippen molar-refractivity contribution in [3.63, 3.8) is 0 Å². The molecule has 1 heterocycles. The summed E-state index contributed by atoms with van der Waals surface area (Å²) in [6, 6.07) is 6.41. The zero-order valence-corrected chi connectivity index (χ0v) is 12.4. The number of hydrogen-bond acceptors (Lipinski definition) is 4. The van der Waals surface area contributed by atoms with Gasteiger partial charge in [0.25, 0.3) is 10.0 Å². The fourth-order valence-corrected chi connectivity index (χ4v) is 4.32. The molecular weight excluding hydrogens is 292 g/mol. The summed E-state index contributed by atoms with van der Waals surface area (Å²) >= 11 is 7.39. The fourth-order valence-electron chi connectivity index (χ4n) is 1.54. The first-order chi connectivity index (χ1) is 8.43. The van der Waals surface area contributed by atoms with E-state index in [9.17, 15) is 8.42 Å². The summed E-state index contributed by atoms with van der Waals surface area (Å²) in [5.41, 5.74) is 0. The van der Waals surface area contributed by atoms with Gasteiger partial charge >= 0.3 is 0 Å². The highest BCUT2D eigenvalue weighted by molar-refractivity contribution is 8.15. The van der Waals surface area contributed by atoms with Gasteiger partial charge in [0.05, 0.1) is 11.6 Å². The van der Waals surface area contributed by atoms with E-state index in [0.717, 1.165) is 0 Å². The van der Waals surface area contributed by atoms with Crippen LogP contribution in [0.1, 0.15) is 6.92 Å². The maximum absolute atomic E-state index is 12.4. The summed E-state index contributed by atoms with van der Waals surface area (Å²) in [4.78, 5) is 4.33. The van der Waals surface area contributed by atoms with Gasteiger partial charge in [0.1, 0.15) is 4.90 Å². The summed E-state index contributed by atoms with van der Waals surface area (Å²) in [7, 11) is -2.12. The van der Waals surface area contributed by atoms with Crippen molar-refractivity contribution in [3.05, 3.63) is 29.3 Å². The molecule has 0 bridgehead atoms. The number of hydrogen-bond donors (Lipinski definition) is 0. The molecule has 0 radical (unpaired) electrons. The smallest absolute Gasteiger partial charge is 0.261 e. The van der Waals surface area contributed by atoms with E-state index < -0.39 is 10.0 Å². The van der Waals surface area contributed by atoms with Crippen LogP contribution in [0.3, 0.4) is 0 Å². The van der Waals surface area contributed by atoms with E-state index in [0.29, 0.717) is 17.0 Å². The van der Waals surface area contributed by atoms with Crippen LogP contribution in [0.15, 0.2) is 34.2 Å². The van der Waals surface area contributed by atoms with E-state index >= 15 is 0 Å². The quantitative estimate of drug-likeness (QED) is 0.843. The predicted molar refractivity (Wildman–Crippen MR) is 75.8 cm³/mol. The van der Waals surface area contributed by atoms with Gasteiger partial charge in [-0.25, -0.2) is 12.7 Å². The molecule has 0 fully saturated rings. The van der Waals surface area contributed by atoms with E-state index in [1.807, 2.05) is 6.92 Å². The highest BCUT2D eigenvalue weighted by Crippen LogP contribution is 2.28. The van der Waals surface area contributed by atoms with Crippen LogP contribution in [0.4, 0.5) is 0 Å². The van der Waals surface area contributed by atoms with Crippen molar-refractivity contribution in [1.82, 2.24) is 4.31 Å². The Morgan fingerprint density at radius 3 is 2.67 bits per heavy atom. The number of aliphatic imine (C=N–C) groups is 1. The Bertz CT molecular complexity index is 586. The number of benzene rings is 1. The molecule has 7 heteroatoms. The van der Waals surface area contributed by atoms with E-state index in [4.69, 9.17) is 11.6 Å². The molecule has 0 saturated carbocycles. The van der Waals surface area contributed by atoms with Gasteiger partial charge in [0.15, 0.2) is 5.17 Å². The Morgan fingerprint density at radius 2 is 2.11 bits per heavy atom. The minimum Gasteiger partial charge on any atom is -0.261 e. The van der Waals surface area contributed by atoms with Crippen molar-refractivity contribution in [3.8, 4) is 0 Å². The molecule has 2 rings (SSSR count). The summed E-state index contributed by atoms with van der Waals surface area (Å²) in [5.74, 6) is 0. The third-order valence-electron chi connectivity index (χ3n) is 2.53. The van der Waals surface area contributed by atoms with Gasteiger partial charge in [-0.15, -0.1) is 0 Å². The lowest BCUT2D eigenvalue weighted by Gasteiger charge is -2.19. The van der Waals surface area contributed by atoms with Gasteiger partial charge in [-0.2, -0.15) is 0 Å². The normalized spacial score (nSPS) is 19.7. The Balaban J connectivity index is 2.35. The lowest BCUT2D eigenvalue weighted by molar-refractivity contribution is 0.554. The first kappa shape index (κ1) is 13.7. The number of amidine groups is 1. The Hall–Kier alpha value is -0.720. The van der Waals surface area contributed by atoms with Gasteiger partial charge in [0.2, 0.25) is 0 Å². The second-order valence-corrected chi connectivity index (χ2v) is 7.71. The van der Waals surface area contributed by atoms with E-state index in [2.05, 4.69) is 4.99 Å². The summed E-state index contributed by atoms with van der Waals surface area (Å²) in [6.07, 6.45) is 0. The average molecular weight is 305 g/mol. The molecule has 0 aromatic heterocycles. The molecule has 0 N–H and O–H groups in total. The largest absolute Gasteiger partial charge is 0.267 e. The molecule has 0 spiro atoms. The molecule has 18 heavy (non-hydrogen) atoms. The number of sulfonamides is 1. The Labute approximate surface area is 116 Å². The second-order valence-electron chi connectivity index (χ2n) is 3.95. The highest BCUT2D eigenvalue weighted by atomic mass is 35.5. The molecule has 98 valence electrons. The van der Waals surface area contributed by atoms with Crippen molar-refractivity contribution in [2.45, 2.75) is 17.1 Å². The zero-order chi connectivity index (χ0) is 13.3. The second kappa shape index (κ2) is 5.11. The lowest BCUT2D eigenvalue weighted by atomic mass is 10.4. The van der Waals surface area contributed by atoms with Crippen LogP contribution < -0.4 is 0 Å². The molecule has 0 amide bonds. The number of rotatable bonds is 2. The van der Waals surface area contributed by atoms with Crippen LogP contribution in [0.25, 0.3) is 0 Å². The van der Waals surface area contributed by atoms with Crippen LogP contribution in [0.2, 0.25) is 5.02 Å². The minimum atomic E-state index is -3.63. The number of halogens is 1. The van der Waals surface area contributed by atoms with Gasteiger partial charge in [0, 0.05) is 12.3 Å². The van der Waals surface area contributed by atoms with Gasteiger partial charge in [-0.3, -0.25) is 4.99 Å². The maximum Gasteiger partial charge on any atom is 0.267 e. The van der Waals surface area contributed by atoms with Crippen molar-refractivity contribution in [1.29, 1.82) is 0 Å². The standard InChI is InChI=1S/C11H13ClN2O2S2/c1-8-7-13-11(17-8)14(2)18(15,16)10-6-4-3-5-9(10)12/h3-6,8H,7H2,1-2H3/t8-/m1/s1. The molecule has 1 aromatic rings. The fraction of sp³-hybridized carbons (Fsp3) is 0.364. The SMILES string of the molecule is C[C@@H]1CN=C(N(C)S(=O)(=O)c2ccccc2Cl)S1. The summed E-state index contributed by atoms with van der Waals surface area (Å²) in [6.45, 7) is 2.65. The molecule has 4 nitrogen and oxygen atoms in total. The summed E-state index contributed by atoms with van der Waals surface area (Å²) < 4.78 is 26.0. The third kappa shape index (κ3) is 2.50. The van der Waals surface area contributed by atoms with Crippen molar-refractivity contribution in [2.75, 3.05) is 13.6 Å². The predicted octanol–water partition coefficient (Wildman–Crippen LogP) is 2.45. The molecule has 1 aliphatic rings. The minimum absolute atomic E-state index is 0.108. The molecule has 0 unspecified atom stereocenters. The molecule has 1 aromatic carbocycles. The molecule has 1 aliphatic heterocycles. The van der Waals surface area contributed by atoms with E-state index in [1.54, 1.807) is 18.2 Å². The van der Waals surface area contributed by atoms with Crippen LogP contribution in [-0.2, 0) is 10.0 Å². The van der Waals surface area contributed by atoms with Crippen molar-refractivity contribution < 1.29 is 8.42 Å². The Morgan fingerprint density at radius 1 is 1.44 bits per heavy atom. The van der Waals surface area contributed by atoms with Gasteiger partial charge < -0.3 is 0 Å². The molecule has 1 atom stereocenters. The Kier molecular flexibility index (Phi) is 3.89. The molecule has 0 aliphatic carbocycles. The van der Waals surface area contributed by atoms with Crippen molar-refractivity contribution in [2.24, 2.45) is 4.99 Å². The first-order valence-corrected chi connectivity index (χ1v) is 8.07. The van der Waals surface area contributed by atoms with Crippen LogP contribution in [0, 0.1) is 0 Å². The highest BCUT2D eigenvalue weighted by Gasteiger charge is 2.29.